The Morgan fingerprint density at radius 3 is 2.89 bits per heavy atom. The number of ether oxygens (including phenoxy) is 2. The number of carbonyl (C=O) groups is 1. The van der Waals surface area contributed by atoms with Crippen LogP contribution in [-0.2, 0) is 27.1 Å². The largest absolute Gasteiger partial charge is 0.481 e. The van der Waals surface area contributed by atoms with E-state index in [9.17, 15) is 14.3 Å². The van der Waals surface area contributed by atoms with Crippen LogP contribution in [-0.4, -0.2) is 41.9 Å². The van der Waals surface area contributed by atoms with Gasteiger partial charge >= 0.3 is 5.97 Å². The van der Waals surface area contributed by atoms with Gasteiger partial charge in [-0.3, -0.25) is 4.79 Å². The van der Waals surface area contributed by atoms with Gasteiger partial charge in [-0.2, -0.15) is 0 Å². The number of halogens is 1. The maximum absolute atomic E-state index is 14.3. The highest BCUT2D eigenvalue weighted by molar-refractivity contribution is 5.77. The van der Waals surface area contributed by atoms with Gasteiger partial charge in [0.15, 0.2) is 0 Å². The van der Waals surface area contributed by atoms with Gasteiger partial charge in [0.2, 0.25) is 0 Å². The molecular weight excluding hydrogens is 483 g/mol. The number of unbranched alkanes of at least 4 members (excludes halogenated alkanes) is 2. The minimum absolute atomic E-state index is 0.0645. The Morgan fingerprint density at radius 2 is 2.05 bits per heavy atom. The molecule has 0 amide bonds. The van der Waals surface area contributed by atoms with Crippen LogP contribution in [0.25, 0.3) is 0 Å². The summed E-state index contributed by atoms with van der Waals surface area (Å²) in [4.78, 5) is 17.2. The summed E-state index contributed by atoms with van der Waals surface area (Å²) in [5.41, 5.74) is 3.89. The molecule has 5 rings (SSSR count). The fourth-order valence-electron chi connectivity index (χ4n) is 6.45. The number of aryl methyl sites for hydroxylation is 2. The van der Waals surface area contributed by atoms with Gasteiger partial charge in [0.05, 0.1) is 18.1 Å². The van der Waals surface area contributed by atoms with E-state index in [4.69, 9.17) is 14.5 Å². The molecule has 3 heterocycles. The van der Waals surface area contributed by atoms with Crippen molar-refractivity contribution in [1.29, 1.82) is 0 Å². The van der Waals surface area contributed by atoms with Crippen LogP contribution < -0.4 is 5.32 Å². The lowest BCUT2D eigenvalue weighted by atomic mass is 9.80. The van der Waals surface area contributed by atoms with Crippen LogP contribution >= 0.6 is 0 Å². The van der Waals surface area contributed by atoms with Crippen molar-refractivity contribution >= 4 is 11.8 Å². The highest BCUT2D eigenvalue weighted by atomic mass is 19.1. The van der Waals surface area contributed by atoms with Crippen molar-refractivity contribution in [3.05, 3.63) is 58.5 Å². The summed E-state index contributed by atoms with van der Waals surface area (Å²) in [6, 6.07) is 8.95. The third-order valence-electron chi connectivity index (χ3n) is 8.46. The molecule has 7 heteroatoms. The number of hydrogen-bond donors (Lipinski definition) is 2. The number of benzene rings is 1. The third kappa shape index (κ3) is 6.73. The Kier molecular flexibility index (Phi) is 9.28. The van der Waals surface area contributed by atoms with Crippen molar-refractivity contribution in [2.24, 2.45) is 5.92 Å². The second kappa shape index (κ2) is 13.0. The van der Waals surface area contributed by atoms with Crippen LogP contribution in [0.1, 0.15) is 98.6 Å². The average molecular weight is 525 g/mol. The van der Waals surface area contributed by atoms with Crippen molar-refractivity contribution in [3.63, 3.8) is 0 Å². The number of aromatic nitrogens is 1. The monoisotopic (exact) mass is 524 g/mol. The molecule has 2 unspecified atom stereocenters. The fraction of sp³-hybridized carbons (Fsp3) is 0.613. The smallest absolute Gasteiger partial charge is 0.311 e. The van der Waals surface area contributed by atoms with Gasteiger partial charge in [0.25, 0.3) is 0 Å². The molecule has 38 heavy (non-hydrogen) atoms. The molecule has 1 saturated heterocycles. The van der Waals surface area contributed by atoms with E-state index >= 15 is 0 Å². The van der Waals surface area contributed by atoms with Crippen molar-refractivity contribution in [2.45, 2.75) is 95.2 Å². The number of nitrogens with zero attached hydrogens (tertiary/aromatic N) is 1. The van der Waals surface area contributed by atoms with E-state index in [-0.39, 0.29) is 18.1 Å². The number of aliphatic carboxylic acids is 1. The molecule has 2 aromatic rings. The number of fused-ring (bicyclic) bond motifs is 1. The van der Waals surface area contributed by atoms with Gasteiger partial charge in [-0.25, -0.2) is 9.37 Å². The summed E-state index contributed by atoms with van der Waals surface area (Å²) in [5, 5.41) is 13.6. The van der Waals surface area contributed by atoms with Crippen molar-refractivity contribution in [2.75, 3.05) is 25.1 Å². The van der Waals surface area contributed by atoms with Gasteiger partial charge in [0, 0.05) is 25.5 Å². The Balaban J connectivity index is 1.09. The van der Waals surface area contributed by atoms with E-state index in [0.717, 1.165) is 87.8 Å². The summed E-state index contributed by atoms with van der Waals surface area (Å²) in [5.74, 6) is -1.02. The zero-order chi connectivity index (χ0) is 26.3. The summed E-state index contributed by atoms with van der Waals surface area (Å²) < 4.78 is 26.4. The normalized spacial score (nSPS) is 24.0. The number of rotatable bonds is 11. The number of nitrogens with one attached hydrogen (secondary N) is 1. The molecule has 1 saturated carbocycles. The van der Waals surface area contributed by atoms with Gasteiger partial charge in [-0.15, -0.1) is 0 Å². The van der Waals surface area contributed by atoms with E-state index in [1.54, 1.807) is 6.07 Å². The Morgan fingerprint density at radius 1 is 1.13 bits per heavy atom. The molecule has 6 nitrogen and oxygen atoms in total. The first-order valence-corrected chi connectivity index (χ1v) is 14.6. The van der Waals surface area contributed by atoms with Crippen LogP contribution in [0.4, 0.5) is 10.2 Å². The Hall–Kier alpha value is -2.51. The topological polar surface area (TPSA) is 80.7 Å². The first-order valence-electron chi connectivity index (χ1n) is 14.6. The molecule has 3 aliphatic rings. The predicted molar refractivity (Wildman–Crippen MR) is 145 cm³/mol. The molecule has 1 aliphatic carbocycles. The van der Waals surface area contributed by atoms with Crippen LogP contribution in [0.15, 0.2) is 30.3 Å². The molecule has 2 N–H and O–H groups in total. The third-order valence-corrected chi connectivity index (χ3v) is 8.46. The maximum Gasteiger partial charge on any atom is 0.311 e. The minimum atomic E-state index is -0.885. The summed E-state index contributed by atoms with van der Waals surface area (Å²) in [6.07, 6.45) is 11.6. The van der Waals surface area contributed by atoms with E-state index in [1.165, 1.54) is 24.1 Å². The molecule has 1 aromatic carbocycles. The maximum atomic E-state index is 14.3. The van der Waals surface area contributed by atoms with E-state index < -0.39 is 17.7 Å². The lowest BCUT2D eigenvalue weighted by molar-refractivity contribution is -0.140. The molecule has 1 aromatic heterocycles. The van der Waals surface area contributed by atoms with E-state index in [1.807, 2.05) is 0 Å². The fourth-order valence-corrected chi connectivity index (χ4v) is 6.45. The van der Waals surface area contributed by atoms with Crippen LogP contribution in [0.5, 0.6) is 0 Å². The minimum Gasteiger partial charge on any atom is -0.481 e. The number of carboxylic acid groups (broad SMARTS) is 1. The molecular formula is C31H41FN2O4. The lowest BCUT2D eigenvalue weighted by Crippen LogP contribution is -2.24. The SMILES string of the molecule is O=C(O)C(c1cc(F)ccc1[C@H]1CCCCO1)C1CC[C@@H](OCCCCCc2ccc3c(n2)NCCC3)C1. The first-order chi connectivity index (χ1) is 18.6. The number of hydrogen-bond acceptors (Lipinski definition) is 5. The van der Waals surface area contributed by atoms with Gasteiger partial charge in [-0.1, -0.05) is 18.6 Å². The molecule has 206 valence electrons. The second-order valence-corrected chi connectivity index (χ2v) is 11.2. The van der Waals surface area contributed by atoms with Crippen molar-refractivity contribution in [1.82, 2.24) is 4.98 Å². The number of anilines is 1. The Bertz CT molecular complexity index is 1090. The molecule has 2 aliphatic heterocycles. The van der Waals surface area contributed by atoms with Crippen LogP contribution in [0.2, 0.25) is 0 Å². The van der Waals surface area contributed by atoms with Crippen LogP contribution in [0, 0.1) is 11.7 Å². The Labute approximate surface area is 225 Å². The quantitative estimate of drug-likeness (QED) is 0.323. The zero-order valence-electron chi connectivity index (χ0n) is 22.3. The van der Waals surface area contributed by atoms with Gasteiger partial charge in [0.1, 0.15) is 11.6 Å². The van der Waals surface area contributed by atoms with Crippen molar-refractivity contribution in [3.8, 4) is 0 Å². The highest BCUT2D eigenvalue weighted by Crippen LogP contribution is 2.43. The lowest BCUT2D eigenvalue weighted by Gasteiger charge is -2.29. The predicted octanol–water partition coefficient (Wildman–Crippen LogP) is 6.59. The molecule has 0 spiro atoms. The highest BCUT2D eigenvalue weighted by Gasteiger charge is 2.38. The number of carboxylic acids is 1. The molecule has 4 atom stereocenters. The molecule has 0 bridgehead atoms. The first kappa shape index (κ1) is 27.1. The second-order valence-electron chi connectivity index (χ2n) is 11.2. The van der Waals surface area contributed by atoms with Gasteiger partial charge < -0.3 is 19.9 Å². The van der Waals surface area contributed by atoms with E-state index in [2.05, 4.69) is 17.4 Å². The molecule has 0 radical (unpaired) electrons. The summed E-state index contributed by atoms with van der Waals surface area (Å²) >= 11 is 0. The van der Waals surface area contributed by atoms with E-state index in [0.29, 0.717) is 25.2 Å². The summed E-state index contributed by atoms with van der Waals surface area (Å²) in [7, 11) is 0. The van der Waals surface area contributed by atoms with Gasteiger partial charge in [-0.05, 0) is 111 Å². The average Bonchev–Trinajstić information content (AvgIpc) is 3.39. The zero-order valence-corrected chi connectivity index (χ0v) is 22.3. The standard InChI is InChI=1S/C31H41FN2O4/c32-23-12-15-26(28-9-3-5-18-38-28)27(20-23)29(31(35)36)22-11-14-25(19-22)37-17-4-1-2-8-24-13-10-21-7-6-16-33-30(21)34-24/h10,12-13,15,20,22,25,28-29H,1-9,11,14,16-19H2,(H,33,34)(H,35,36)/t22?,25-,28-,29?/m1/s1. The number of pyridine rings is 1. The molecule has 2 fully saturated rings. The van der Waals surface area contributed by atoms with Crippen LogP contribution in [0.3, 0.4) is 0 Å². The summed E-state index contributed by atoms with van der Waals surface area (Å²) in [6.45, 7) is 2.36. The van der Waals surface area contributed by atoms with Crippen molar-refractivity contribution < 1.29 is 23.8 Å².